The van der Waals surface area contributed by atoms with E-state index in [1.54, 1.807) is 69.3 Å². The zero-order chi connectivity index (χ0) is 41.3. The van der Waals surface area contributed by atoms with E-state index in [4.69, 9.17) is 23.7 Å². The fourth-order valence-corrected chi connectivity index (χ4v) is 5.34. The molecule has 3 amide bonds. The molecule has 0 spiro atoms. The number of rotatable bonds is 20. The molecular weight excluding hydrogens is 722 g/mol. The Morgan fingerprint density at radius 2 is 1.36 bits per heavy atom. The Kier molecular flexibility index (Phi) is 17.8. The first-order valence-electron chi connectivity index (χ1n) is 17.5. The van der Waals surface area contributed by atoms with Gasteiger partial charge in [0.15, 0.2) is 6.10 Å². The number of alkyl carbamates (subject to hydrolysis) is 1. The van der Waals surface area contributed by atoms with Crippen molar-refractivity contribution in [3.05, 3.63) is 65.2 Å². The second-order valence-corrected chi connectivity index (χ2v) is 13.1. The fraction of sp³-hybridized carbons (Fsp3) is 0.474. The van der Waals surface area contributed by atoms with Gasteiger partial charge in [0.25, 0.3) is 5.91 Å². The molecule has 300 valence electrons. The zero-order valence-electron chi connectivity index (χ0n) is 31.9. The second-order valence-electron chi connectivity index (χ2n) is 13.1. The summed E-state index contributed by atoms with van der Waals surface area (Å²) in [4.78, 5) is 101. The van der Waals surface area contributed by atoms with E-state index in [1.807, 2.05) is 0 Å². The summed E-state index contributed by atoms with van der Waals surface area (Å²) in [7, 11) is 0. The number of nitrogens with one attached hydrogen (secondary N) is 3. The second kappa shape index (κ2) is 21.6. The normalized spacial score (nSPS) is 12.6. The average molecular weight is 772 g/mol. The van der Waals surface area contributed by atoms with Gasteiger partial charge in [-0.25, -0.2) is 4.79 Å². The number of carbonyl (C=O) groups excluding carboxylic acids is 7. The van der Waals surface area contributed by atoms with Gasteiger partial charge in [-0.3, -0.25) is 33.6 Å². The van der Waals surface area contributed by atoms with Crippen LogP contribution in [0.25, 0.3) is 0 Å². The molecule has 0 aliphatic carbocycles. The van der Waals surface area contributed by atoms with Gasteiger partial charge in [0.2, 0.25) is 5.91 Å². The highest BCUT2D eigenvalue weighted by Crippen LogP contribution is 2.28. The summed E-state index contributed by atoms with van der Waals surface area (Å²) in [6.45, 7) is 9.00. The Morgan fingerprint density at radius 3 is 1.89 bits per heavy atom. The Labute approximate surface area is 318 Å². The quantitative estimate of drug-likeness (QED) is 0.0851. The number of hydrogen-bond donors (Lipinski definition) is 4. The van der Waals surface area contributed by atoms with E-state index in [1.165, 1.54) is 0 Å². The van der Waals surface area contributed by atoms with E-state index >= 15 is 0 Å². The minimum atomic E-state index is -2.94. The van der Waals surface area contributed by atoms with Crippen molar-refractivity contribution in [2.24, 2.45) is 5.92 Å². The Bertz CT molecular complexity index is 1650. The summed E-state index contributed by atoms with van der Waals surface area (Å²) in [5.41, 5.74) is 2.15. The third-order valence-corrected chi connectivity index (χ3v) is 7.58. The predicted octanol–water partition coefficient (Wildman–Crippen LogP) is 3.83. The van der Waals surface area contributed by atoms with Crippen LogP contribution in [0.15, 0.2) is 48.5 Å². The minimum absolute atomic E-state index is 0.0554. The molecule has 4 N–H and O–H groups in total. The van der Waals surface area contributed by atoms with Crippen LogP contribution >= 0.6 is 0 Å². The van der Waals surface area contributed by atoms with Crippen LogP contribution in [-0.4, -0.2) is 77.0 Å². The number of aliphatic carboxylic acids is 1. The molecule has 0 bridgehead atoms. The van der Waals surface area contributed by atoms with Crippen molar-refractivity contribution in [3.8, 4) is 0 Å². The third kappa shape index (κ3) is 16.3. The van der Waals surface area contributed by atoms with Crippen molar-refractivity contribution in [1.82, 2.24) is 10.6 Å². The van der Waals surface area contributed by atoms with Crippen LogP contribution in [-0.2, 0) is 70.3 Å². The molecule has 2 aromatic carbocycles. The largest absolute Gasteiger partial charge is 0.481 e. The molecule has 0 radical (unpaired) electrons. The van der Waals surface area contributed by atoms with E-state index < -0.39 is 84.8 Å². The monoisotopic (exact) mass is 771 g/mol. The topological polar surface area (TPSA) is 239 Å². The van der Waals surface area contributed by atoms with Crippen molar-refractivity contribution in [3.63, 3.8) is 0 Å². The molecular formula is C38H49N3O14. The number of aryl methyl sites for hydroxylation is 2. The smallest absolute Gasteiger partial charge is 0.445 e. The number of carbonyl (C=O) groups is 8. The summed E-state index contributed by atoms with van der Waals surface area (Å²) >= 11 is 0. The van der Waals surface area contributed by atoms with E-state index in [0.29, 0.717) is 11.1 Å². The summed E-state index contributed by atoms with van der Waals surface area (Å²) in [6, 6.07) is 10.7. The highest BCUT2D eigenvalue weighted by molar-refractivity contribution is 5.96. The zero-order valence-corrected chi connectivity index (χ0v) is 31.9. The molecule has 0 aromatic heterocycles. The maximum Gasteiger partial charge on any atom is 0.445 e. The number of benzene rings is 2. The number of hydrogen-bond acceptors (Lipinski definition) is 13. The van der Waals surface area contributed by atoms with Crippen LogP contribution in [0.5, 0.6) is 0 Å². The maximum atomic E-state index is 14.0. The molecule has 2 rings (SSSR count). The first kappa shape index (κ1) is 45.2. The van der Waals surface area contributed by atoms with Gasteiger partial charge in [0.05, 0.1) is 0 Å². The molecule has 3 atom stereocenters. The van der Waals surface area contributed by atoms with Crippen LogP contribution in [0.2, 0.25) is 0 Å². The molecule has 17 heteroatoms. The van der Waals surface area contributed by atoms with E-state index in [9.17, 15) is 43.5 Å². The molecule has 0 aliphatic heterocycles. The van der Waals surface area contributed by atoms with Crippen molar-refractivity contribution in [1.29, 1.82) is 0 Å². The molecule has 0 fully saturated rings. The standard InChI is InChI=1S/C38H49N3O14/c1-22(2)19-31(40-37(50)51-21-28-11-9-8-10-12-28)35(48)41-33(38(53-25(5)43,54-26(6)44)55-27(7)45)17-16-32(52-24(4)42)36(49)39-30-20-23(3)13-14-29(30)15-18-34(46)47/h8-14,20,22,31-33H,15-19,21H2,1-7H3,(H,39,49)(H,40,50)(H,41,48)(H,46,47)/t31-,32?,33?/m0/s1. The SMILES string of the molecule is CC(=O)OC(CCC(NC(=O)[C@H](CC(C)C)NC(=O)OCc1ccccc1)C(OC(C)=O)(OC(C)=O)OC(C)=O)C(=O)Nc1cc(C)ccc1CCC(=O)O. The number of anilines is 1. The van der Waals surface area contributed by atoms with Crippen molar-refractivity contribution >= 4 is 53.4 Å². The molecule has 0 saturated heterocycles. The van der Waals surface area contributed by atoms with Gasteiger partial charge < -0.3 is 44.7 Å². The molecule has 55 heavy (non-hydrogen) atoms. The molecule has 17 nitrogen and oxygen atoms in total. The first-order chi connectivity index (χ1) is 25.8. The summed E-state index contributed by atoms with van der Waals surface area (Å²) in [5.74, 6) is -10.1. The lowest BCUT2D eigenvalue weighted by Gasteiger charge is -2.37. The van der Waals surface area contributed by atoms with Gasteiger partial charge in [0, 0.05) is 39.8 Å². The van der Waals surface area contributed by atoms with Crippen LogP contribution in [0.1, 0.15) is 83.9 Å². The Morgan fingerprint density at radius 1 is 0.764 bits per heavy atom. The maximum absolute atomic E-state index is 14.0. The van der Waals surface area contributed by atoms with Gasteiger partial charge in [-0.1, -0.05) is 56.3 Å². The summed E-state index contributed by atoms with van der Waals surface area (Å²) in [6.07, 6.45) is -3.64. The number of ether oxygens (including phenoxy) is 5. The lowest BCUT2D eigenvalue weighted by molar-refractivity contribution is -0.340. The molecule has 0 heterocycles. The number of esters is 4. The lowest BCUT2D eigenvalue weighted by Crippen LogP contribution is -2.62. The number of carboxylic acids is 1. The van der Waals surface area contributed by atoms with Crippen molar-refractivity contribution in [2.75, 3.05) is 5.32 Å². The van der Waals surface area contributed by atoms with Crippen molar-refractivity contribution < 1.29 is 67.1 Å². The first-order valence-corrected chi connectivity index (χ1v) is 17.5. The number of amides is 3. The molecule has 2 aromatic rings. The van der Waals surface area contributed by atoms with Crippen LogP contribution in [0.4, 0.5) is 10.5 Å². The van der Waals surface area contributed by atoms with Crippen molar-refractivity contribution in [2.45, 2.75) is 111 Å². The van der Waals surface area contributed by atoms with Gasteiger partial charge in [-0.05, 0) is 61.3 Å². The highest BCUT2D eigenvalue weighted by Gasteiger charge is 2.52. The van der Waals surface area contributed by atoms with E-state index in [-0.39, 0.29) is 37.5 Å². The van der Waals surface area contributed by atoms with Gasteiger partial charge in [-0.15, -0.1) is 0 Å². The molecule has 0 saturated carbocycles. The number of carboxylic acid groups (broad SMARTS) is 1. The Balaban J connectivity index is 2.53. The van der Waals surface area contributed by atoms with Gasteiger partial charge >= 0.3 is 41.9 Å². The van der Waals surface area contributed by atoms with Crippen LogP contribution in [0.3, 0.4) is 0 Å². The average Bonchev–Trinajstić information content (AvgIpc) is 3.06. The minimum Gasteiger partial charge on any atom is -0.481 e. The summed E-state index contributed by atoms with van der Waals surface area (Å²) < 4.78 is 26.5. The van der Waals surface area contributed by atoms with Gasteiger partial charge in [-0.2, -0.15) is 0 Å². The molecule has 2 unspecified atom stereocenters. The highest BCUT2D eigenvalue weighted by atomic mass is 16.9. The summed E-state index contributed by atoms with van der Waals surface area (Å²) in [5, 5.41) is 16.9. The molecule has 0 aliphatic rings. The lowest BCUT2D eigenvalue weighted by atomic mass is 10.0. The third-order valence-electron chi connectivity index (χ3n) is 7.58. The van der Waals surface area contributed by atoms with Gasteiger partial charge in [0.1, 0.15) is 18.7 Å². The van der Waals surface area contributed by atoms with Crippen LogP contribution < -0.4 is 16.0 Å². The Hall–Kier alpha value is -6.00. The predicted molar refractivity (Wildman–Crippen MR) is 194 cm³/mol. The van der Waals surface area contributed by atoms with Crippen LogP contribution in [0, 0.1) is 12.8 Å². The van der Waals surface area contributed by atoms with E-state index in [0.717, 1.165) is 33.3 Å². The van der Waals surface area contributed by atoms with E-state index in [2.05, 4.69) is 16.0 Å². The fourth-order valence-electron chi connectivity index (χ4n) is 5.34.